The van der Waals surface area contributed by atoms with Crippen molar-refractivity contribution in [3.8, 4) is 11.5 Å². The second-order valence-electron chi connectivity index (χ2n) is 7.18. The van der Waals surface area contributed by atoms with Gasteiger partial charge in [0.05, 0.1) is 19.9 Å². The Kier molecular flexibility index (Phi) is 7.28. The Morgan fingerprint density at radius 1 is 1.22 bits per heavy atom. The Hall–Kier alpha value is -2.50. The normalized spacial score (nSPS) is 10.9. The first-order valence-electron chi connectivity index (χ1n) is 9.36. The molecule has 0 saturated carbocycles. The Bertz CT molecular complexity index is 781. The van der Waals surface area contributed by atoms with E-state index in [-0.39, 0.29) is 5.91 Å². The third-order valence-corrected chi connectivity index (χ3v) is 4.64. The number of hydrogen-bond donors (Lipinski definition) is 1. The second kappa shape index (κ2) is 9.44. The molecule has 0 spiro atoms. The van der Waals surface area contributed by atoms with Gasteiger partial charge < -0.3 is 14.8 Å². The predicted octanol–water partition coefficient (Wildman–Crippen LogP) is 3.42. The Morgan fingerprint density at radius 2 is 1.96 bits per heavy atom. The minimum absolute atomic E-state index is 0.00952. The molecule has 6 heteroatoms. The number of carbonyl (C=O) groups excluding carboxylic acids is 1. The van der Waals surface area contributed by atoms with Gasteiger partial charge in [-0.15, -0.1) is 0 Å². The quantitative estimate of drug-likeness (QED) is 0.731. The van der Waals surface area contributed by atoms with Crippen LogP contribution in [-0.2, 0) is 24.3 Å². The molecule has 1 aromatic carbocycles. The molecule has 2 rings (SSSR count). The molecule has 27 heavy (non-hydrogen) atoms. The lowest BCUT2D eigenvalue weighted by Crippen LogP contribution is -2.23. The maximum absolute atomic E-state index is 12.3. The van der Waals surface area contributed by atoms with Crippen LogP contribution in [0.2, 0.25) is 0 Å². The summed E-state index contributed by atoms with van der Waals surface area (Å²) in [6.07, 6.45) is 1.12. The van der Waals surface area contributed by atoms with Gasteiger partial charge in [-0.1, -0.05) is 13.8 Å². The monoisotopic (exact) mass is 373 g/mol. The summed E-state index contributed by atoms with van der Waals surface area (Å²) in [5.74, 6) is 2.02. The average molecular weight is 373 g/mol. The summed E-state index contributed by atoms with van der Waals surface area (Å²) in [5, 5.41) is 7.59. The van der Waals surface area contributed by atoms with E-state index in [2.05, 4.69) is 31.2 Å². The number of carbonyl (C=O) groups is 1. The van der Waals surface area contributed by atoms with Crippen molar-refractivity contribution in [2.75, 3.05) is 14.2 Å². The number of nitrogens with zero attached hydrogens (tertiary/aromatic N) is 2. The van der Waals surface area contributed by atoms with Gasteiger partial charge in [0, 0.05) is 30.8 Å². The molecule has 0 aliphatic heterocycles. The number of benzene rings is 1. The second-order valence-corrected chi connectivity index (χ2v) is 7.18. The van der Waals surface area contributed by atoms with Crippen LogP contribution in [-0.4, -0.2) is 29.9 Å². The van der Waals surface area contributed by atoms with Crippen molar-refractivity contribution in [1.29, 1.82) is 0 Å². The summed E-state index contributed by atoms with van der Waals surface area (Å²) in [7, 11) is 3.24. The third-order valence-electron chi connectivity index (χ3n) is 4.64. The zero-order valence-electron chi connectivity index (χ0n) is 17.3. The lowest BCUT2D eigenvalue weighted by molar-refractivity contribution is -0.121. The lowest BCUT2D eigenvalue weighted by Gasteiger charge is -2.11. The topological polar surface area (TPSA) is 65.4 Å². The number of nitrogens with one attached hydrogen (secondary N) is 1. The van der Waals surface area contributed by atoms with Crippen molar-refractivity contribution in [1.82, 2.24) is 15.1 Å². The van der Waals surface area contributed by atoms with Crippen molar-refractivity contribution < 1.29 is 14.3 Å². The van der Waals surface area contributed by atoms with Crippen LogP contribution in [0.3, 0.4) is 0 Å². The van der Waals surface area contributed by atoms with Crippen LogP contribution in [0.5, 0.6) is 11.5 Å². The highest BCUT2D eigenvalue weighted by Gasteiger charge is 2.14. The third kappa shape index (κ3) is 5.49. The van der Waals surface area contributed by atoms with Gasteiger partial charge in [0.2, 0.25) is 5.91 Å². The van der Waals surface area contributed by atoms with Crippen molar-refractivity contribution in [2.45, 2.75) is 53.6 Å². The van der Waals surface area contributed by atoms with Crippen molar-refractivity contribution >= 4 is 5.91 Å². The average Bonchev–Trinajstić information content (AvgIpc) is 2.90. The fourth-order valence-electron chi connectivity index (χ4n) is 3.16. The standard InChI is InChI=1S/C21H31N3O3/c1-14(2)13-24-16(4)19(15(3)23-24)8-10-21(25)22-12-17-11-18(26-5)7-9-20(17)27-6/h7,9,11,14H,8,10,12-13H2,1-6H3,(H,22,25). The van der Waals surface area contributed by atoms with E-state index in [0.717, 1.165) is 35.0 Å². The molecule has 148 valence electrons. The molecule has 0 fully saturated rings. The van der Waals surface area contributed by atoms with Gasteiger partial charge in [-0.2, -0.15) is 5.10 Å². The molecule has 2 aromatic rings. The highest BCUT2D eigenvalue weighted by molar-refractivity contribution is 5.76. The van der Waals surface area contributed by atoms with Gasteiger partial charge in [-0.25, -0.2) is 0 Å². The molecular formula is C21H31N3O3. The minimum Gasteiger partial charge on any atom is -0.497 e. The molecule has 0 saturated heterocycles. The maximum Gasteiger partial charge on any atom is 0.220 e. The van der Waals surface area contributed by atoms with Crippen molar-refractivity contribution in [3.05, 3.63) is 40.7 Å². The molecule has 0 radical (unpaired) electrons. The first-order chi connectivity index (χ1) is 12.8. The first kappa shape index (κ1) is 20.8. The van der Waals surface area contributed by atoms with Gasteiger partial charge in [0.1, 0.15) is 11.5 Å². The molecule has 6 nitrogen and oxygen atoms in total. The van der Waals surface area contributed by atoms with Crippen LogP contribution in [0.4, 0.5) is 0 Å². The summed E-state index contributed by atoms with van der Waals surface area (Å²) in [6.45, 7) is 9.75. The molecular weight excluding hydrogens is 342 g/mol. The van der Waals surface area contributed by atoms with E-state index in [0.29, 0.717) is 25.3 Å². The smallest absolute Gasteiger partial charge is 0.220 e. The van der Waals surface area contributed by atoms with E-state index in [1.807, 2.05) is 29.8 Å². The SMILES string of the molecule is COc1ccc(OC)c(CNC(=O)CCc2c(C)nn(CC(C)C)c2C)c1. The van der Waals surface area contributed by atoms with Crippen LogP contribution in [0, 0.1) is 19.8 Å². The van der Waals surface area contributed by atoms with E-state index in [9.17, 15) is 4.79 Å². The Balaban J connectivity index is 1.95. The number of rotatable bonds is 9. The highest BCUT2D eigenvalue weighted by Crippen LogP contribution is 2.24. The lowest BCUT2D eigenvalue weighted by atomic mass is 10.1. The number of aryl methyl sites for hydroxylation is 1. The van der Waals surface area contributed by atoms with Gasteiger partial charge >= 0.3 is 0 Å². The summed E-state index contributed by atoms with van der Waals surface area (Å²) in [5.41, 5.74) is 4.23. The molecule has 0 atom stereocenters. The van der Waals surface area contributed by atoms with Crippen LogP contribution < -0.4 is 14.8 Å². The van der Waals surface area contributed by atoms with Gasteiger partial charge in [0.15, 0.2) is 0 Å². The molecule has 0 aliphatic carbocycles. The van der Waals surface area contributed by atoms with Gasteiger partial charge in [-0.05, 0) is 49.9 Å². The molecule has 1 aromatic heterocycles. The van der Waals surface area contributed by atoms with Crippen LogP contribution in [0.15, 0.2) is 18.2 Å². The van der Waals surface area contributed by atoms with Gasteiger partial charge in [-0.3, -0.25) is 9.48 Å². The first-order valence-corrected chi connectivity index (χ1v) is 9.36. The summed E-state index contributed by atoms with van der Waals surface area (Å²) < 4.78 is 12.6. The van der Waals surface area contributed by atoms with Crippen molar-refractivity contribution in [2.24, 2.45) is 5.92 Å². The van der Waals surface area contributed by atoms with E-state index < -0.39 is 0 Å². The predicted molar refractivity (Wildman–Crippen MR) is 106 cm³/mol. The molecule has 0 unspecified atom stereocenters. The van der Waals surface area contributed by atoms with Crippen LogP contribution >= 0.6 is 0 Å². The summed E-state index contributed by atoms with van der Waals surface area (Å²) >= 11 is 0. The molecule has 0 aliphatic rings. The maximum atomic E-state index is 12.3. The highest BCUT2D eigenvalue weighted by atomic mass is 16.5. The Morgan fingerprint density at radius 3 is 2.59 bits per heavy atom. The molecule has 1 amide bonds. The number of methoxy groups -OCH3 is 2. The number of aromatic nitrogens is 2. The number of ether oxygens (including phenoxy) is 2. The molecule has 1 heterocycles. The van der Waals surface area contributed by atoms with E-state index in [4.69, 9.17) is 9.47 Å². The fourth-order valence-corrected chi connectivity index (χ4v) is 3.16. The van der Waals surface area contributed by atoms with Crippen LogP contribution in [0.1, 0.15) is 42.8 Å². The largest absolute Gasteiger partial charge is 0.497 e. The minimum atomic E-state index is 0.00952. The molecule has 0 bridgehead atoms. The zero-order valence-corrected chi connectivity index (χ0v) is 17.3. The zero-order chi connectivity index (χ0) is 20.0. The number of amides is 1. The van der Waals surface area contributed by atoms with E-state index in [1.54, 1.807) is 14.2 Å². The summed E-state index contributed by atoms with van der Waals surface area (Å²) in [6, 6.07) is 5.56. The van der Waals surface area contributed by atoms with Gasteiger partial charge in [0.25, 0.3) is 0 Å². The fraction of sp³-hybridized carbons (Fsp3) is 0.524. The Labute approximate surface area is 161 Å². The van der Waals surface area contributed by atoms with E-state index >= 15 is 0 Å². The molecule has 1 N–H and O–H groups in total. The van der Waals surface area contributed by atoms with Crippen LogP contribution in [0.25, 0.3) is 0 Å². The van der Waals surface area contributed by atoms with Crippen molar-refractivity contribution in [3.63, 3.8) is 0 Å². The van der Waals surface area contributed by atoms with E-state index in [1.165, 1.54) is 5.56 Å². The number of hydrogen-bond acceptors (Lipinski definition) is 4. The summed E-state index contributed by atoms with van der Waals surface area (Å²) in [4.78, 5) is 12.3.